The molecule has 5 heteroatoms. The highest BCUT2D eigenvalue weighted by atomic mass is 16.5. The van der Waals surface area contributed by atoms with Crippen LogP contribution in [0.4, 0.5) is 0 Å². The number of aromatic nitrogens is 2. The van der Waals surface area contributed by atoms with Crippen LogP contribution >= 0.6 is 0 Å². The standard InChI is InChI=1S/C20H18N2O3/c23-20(24-13-19-22-17-9-3-4-10-18(17)25-19)11-5-6-14-12-21-16-8-2-1-7-15(14)16/h1-4,7-10,12,21H,5-6,11,13H2. The molecule has 0 fully saturated rings. The van der Waals surface area contributed by atoms with Gasteiger partial charge in [-0.25, -0.2) is 4.98 Å². The molecule has 0 atom stereocenters. The van der Waals surface area contributed by atoms with Crippen molar-refractivity contribution in [3.05, 3.63) is 66.2 Å². The average molecular weight is 334 g/mol. The molecule has 0 spiro atoms. The maximum absolute atomic E-state index is 11.9. The van der Waals surface area contributed by atoms with Crippen molar-refractivity contribution < 1.29 is 13.9 Å². The zero-order valence-corrected chi connectivity index (χ0v) is 13.7. The molecule has 0 saturated heterocycles. The zero-order chi connectivity index (χ0) is 17.1. The summed E-state index contributed by atoms with van der Waals surface area (Å²) in [6.07, 6.45) is 3.96. The average Bonchev–Trinajstić information content (AvgIpc) is 3.24. The minimum Gasteiger partial charge on any atom is -0.456 e. The topological polar surface area (TPSA) is 68.1 Å². The van der Waals surface area contributed by atoms with E-state index in [1.54, 1.807) is 0 Å². The summed E-state index contributed by atoms with van der Waals surface area (Å²) in [6.45, 7) is 0.0700. The van der Waals surface area contributed by atoms with Gasteiger partial charge >= 0.3 is 5.97 Å². The van der Waals surface area contributed by atoms with Crippen LogP contribution in [0.2, 0.25) is 0 Å². The van der Waals surface area contributed by atoms with Crippen LogP contribution in [0.1, 0.15) is 24.3 Å². The maximum atomic E-state index is 11.9. The predicted molar refractivity (Wildman–Crippen MR) is 95.0 cm³/mol. The van der Waals surface area contributed by atoms with Gasteiger partial charge in [-0.05, 0) is 36.6 Å². The number of carbonyl (C=O) groups is 1. The van der Waals surface area contributed by atoms with Gasteiger partial charge in [-0.3, -0.25) is 4.79 Å². The Morgan fingerprint density at radius 1 is 1.12 bits per heavy atom. The molecule has 2 aromatic carbocycles. The molecule has 1 N–H and O–H groups in total. The first kappa shape index (κ1) is 15.4. The van der Waals surface area contributed by atoms with E-state index in [1.807, 2.05) is 48.7 Å². The van der Waals surface area contributed by atoms with Gasteiger partial charge in [0.1, 0.15) is 5.52 Å². The number of hydrogen-bond donors (Lipinski definition) is 1. The highest BCUT2D eigenvalue weighted by Crippen LogP contribution is 2.20. The number of para-hydroxylation sites is 3. The summed E-state index contributed by atoms with van der Waals surface area (Å²) < 4.78 is 10.8. The molecule has 0 aliphatic heterocycles. The van der Waals surface area contributed by atoms with Crippen molar-refractivity contribution in [2.24, 2.45) is 0 Å². The molecule has 4 aromatic rings. The number of carbonyl (C=O) groups excluding carboxylic acids is 1. The van der Waals surface area contributed by atoms with E-state index < -0.39 is 0 Å². The largest absolute Gasteiger partial charge is 0.456 e. The van der Waals surface area contributed by atoms with Gasteiger partial charge in [0.2, 0.25) is 5.89 Å². The number of oxazole rings is 1. The van der Waals surface area contributed by atoms with Crippen LogP contribution in [0, 0.1) is 0 Å². The van der Waals surface area contributed by atoms with E-state index in [2.05, 4.69) is 16.0 Å². The van der Waals surface area contributed by atoms with Gasteiger partial charge < -0.3 is 14.1 Å². The number of fused-ring (bicyclic) bond motifs is 2. The first-order valence-electron chi connectivity index (χ1n) is 8.35. The van der Waals surface area contributed by atoms with Crippen molar-refractivity contribution in [2.45, 2.75) is 25.9 Å². The third-order valence-corrected chi connectivity index (χ3v) is 4.20. The molecule has 0 aliphatic rings. The Morgan fingerprint density at radius 3 is 2.88 bits per heavy atom. The van der Waals surface area contributed by atoms with Gasteiger partial charge in [-0.1, -0.05) is 30.3 Å². The number of esters is 1. The van der Waals surface area contributed by atoms with Crippen molar-refractivity contribution >= 4 is 28.0 Å². The number of aryl methyl sites for hydroxylation is 1. The Bertz CT molecular complexity index is 983. The number of nitrogens with one attached hydrogen (secondary N) is 1. The van der Waals surface area contributed by atoms with E-state index in [4.69, 9.17) is 9.15 Å². The first-order chi connectivity index (χ1) is 12.3. The van der Waals surface area contributed by atoms with Crippen LogP contribution in [0.5, 0.6) is 0 Å². The second kappa shape index (κ2) is 6.81. The van der Waals surface area contributed by atoms with Gasteiger partial charge in [0, 0.05) is 23.5 Å². The van der Waals surface area contributed by atoms with E-state index in [0.717, 1.165) is 23.9 Å². The fraction of sp³-hybridized carbons (Fsp3) is 0.200. The Kier molecular flexibility index (Phi) is 4.21. The molecular formula is C20H18N2O3. The highest BCUT2D eigenvalue weighted by Gasteiger charge is 2.10. The SMILES string of the molecule is O=C(CCCc1c[nH]c2ccccc12)OCc1nc2ccccc2o1. The van der Waals surface area contributed by atoms with E-state index in [9.17, 15) is 4.79 Å². The van der Waals surface area contributed by atoms with E-state index >= 15 is 0 Å². The Balaban J connectivity index is 1.27. The lowest BCUT2D eigenvalue weighted by Gasteiger charge is -2.02. The van der Waals surface area contributed by atoms with Gasteiger partial charge in [-0.2, -0.15) is 0 Å². The third kappa shape index (κ3) is 3.40. The summed E-state index contributed by atoms with van der Waals surface area (Å²) in [5.74, 6) is 0.188. The highest BCUT2D eigenvalue weighted by molar-refractivity contribution is 5.83. The number of rotatable bonds is 6. The summed E-state index contributed by atoms with van der Waals surface area (Å²) in [6, 6.07) is 15.7. The lowest BCUT2D eigenvalue weighted by atomic mass is 10.1. The molecular weight excluding hydrogens is 316 g/mol. The van der Waals surface area contributed by atoms with Crippen LogP contribution in [-0.4, -0.2) is 15.9 Å². The maximum Gasteiger partial charge on any atom is 0.306 e. The molecule has 0 saturated carbocycles. The Labute approximate surface area is 144 Å². The number of hydrogen-bond acceptors (Lipinski definition) is 4. The van der Waals surface area contributed by atoms with Crippen LogP contribution in [0.3, 0.4) is 0 Å². The molecule has 126 valence electrons. The molecule has 25 heavy (non-hydrogen) atoms. The van der Waals surface area contributed by atoms with Gasteiger partial charge in [-0.15, -0.1) is 0 Å². The summed E-state index contributed by atoms with van der Waals surface area (Å²) in [4.78, 5) is 19.5. The lowest BCUT2D eigenvalue weighted by molar-refractivity contribution is -0.145. The molecule has 0 bridgehead atoms. The van der Waals surface area contributed by atoms with Crippen LogP contribution in [-0.2, 0) is 22.6 Å². The van der Waals surface area contributed by atoms with E-state index in [1.165, 1.54) is 10.9 Å². The van der Waals surface area contributed by atoms with Crippen molar-refractivity contribution in [1.29, 1.82) is 0 Å². The number of aromatic amines is 1. The van der Waals surface area contributed by atoms with Crippen molar-refractivity contribution in [3.8, 4) is 0 Å². The summed E-state index contributed by atoms with van der Waals surface area (Å²) in [5.41, 5.74) is 3.82. The molecule has 5 nitrogen and oxygen atoms in total. The molecule has 0 amide bonds. The molecule has 0 aliphatic carbocycles. The quantitative estimate of drug-likeness (QED) is 0.532. The molecule has 2 heterocycles. The second-order valence-electron chi connectivity index (χ2n) is 5.95. The molecule has 2 aromatic heterocycles. The van der Waals surface area contributed by atoms with Gasteiger partial charge in [0.25, 0.3) is 0 Å². The second-order valence-corrected chi connectivity index (χ2v) is 5.95. The van der Waals surface area contributed by atoms with Gasteiger partial charge in [0.15, 0.2) is 12.2 Å². The fourth-order valence-corrected chi connectivity index (χ4v) is 2.96. The van der Waals surface area contributed by atoms with Crippen LogP contribution in [0.25, 0.3) is 22.0 Å². The number of benzene rings is 2. The summed E-state index contributed by atoms with van der Waals surface area (Å²) in [5, 5.41) is 1.21. The predicted octanol–water partition coefficient (Wildman–Crippen LogP) is 4.38. The summed E-state index contributed by atoms with van der Waals surface area (Å²) in [7, 11) is 0. The van der Waals surface area contributed by atoms with Crippen LogP contribution < -0.4 is 0 Å². The van der Waals surface area contributed by atoms with Crippen LogP contribution in [0.15, 0.2) is 59.1 Å². The van der Waals surface area contributed by atoms with E-state index in [0.29, 0.717) is 17.9 Å². The first-order valence-corrected chi connectivity index (χ1v) is 8.35. The Hall–Kier alpha value is -3.08. The zero-order valence-electron chi connectivity index (χ0n) is 13.7. The fourth-order valence-electron chi connectivity index (χ4n) is 2.96. The van der Waals surface area contributed by atoms with Crippen molar-refractivity contribution in [2.75, 3.05) is 0 Å². The number of nitrogens with zero attached hydrogens (tertiary/aromatic N) is 1. The lowest BCUT2D eigenvalue weighted by Crippen LogP contribution is -2.05. The third-order valence-electron chi connectivity index (χ3n) is 4.20. The number of ether oxygens (including phenoxy) is 1. The minimum atomic E-state index is -0.234. The normalized spacial score (nSPS) is 11.2. The molecule has 0 radical (unpaired) electrons. The summed E-state index contributed by atoms with van der Waals surface area (Å²) >= 11 is 0. The monoisotopic (exact) mass is 334 g/mol. The van der Waals surface area contributed by atoms with Crippen molar-refractivity contribution in [3.63, 3.8) is 0 Å². The minimum absolute atomic E-state index is 0.0700. The smallest absolute Gasteiger partial charge is 0.306 e. The van der Waals surface area contributed by atoms with Gasteiger partial charge in [0.05, 0.1) is 0 Å². The van der Waals surface area contributed by atoms with E-state index in [-0.39, 0.29) is 12.6 Å². The Morgan fingerprint density at radius 2 is 1.96 bits per heavy atom. The number of H-pyrrole nitrogens is 1. The molecule has 0 unspecified atom stereocenters. The molecule has 4 rings (SSSR count). The van der Waals surface area contributed by atoms with Crippen molar-refractivity contribution in [1.82, 2.24) is 9.97 Å².